The molecule has 3 heterocycles. The van der Waals surface area contributed by atoms with E-state index in [1.54, 1.807) is 0 Å². The van der Waals surface area contributed by atoms with Crippen LogP contribution >= 0.6 is 11.8 Å². The molecule has 3 aliphatic heterocycles. The van der Waals surface area contributed by atoms with Crippen LogP contribution in [0.15, 0.2) is 33.7 Å². The number of sulfone groups is 1. The number of aliphatic carboxylic acids is 1. The average Bonchev–Trinajstić information content (AvgIpc) is 3.35. The minimum atomic E-state index is -3.76. The van der Waals surface area contributed by atoms with Crippen molar-refractivity contribution in [2.45, 2.75) is 48.6 Å². The molecule has 6 atom stereocenters. The zero-order valence-electron chi connectivity index (χ0n) is 20.2. The van der Waals surface area contributed by atoms with Crippen molar-refractivity contribution in [3.8, 4) is 0 Å². The van der Waals surface area contributed by atoms with Crippen molar-refractivity contribution in [3.05, 3.63) is 34.4 Å². The van der Waals surface area contributed by atoms with E-state index in [0.717, 1.165) is 24.5 Å². The maximum Gasteiger partial charge on any atom is 0.353 e. The number of carboxylic acids is 2. The number of β-lactam (4-membered cyclic amide) rings is 1. The van der Waals surface area contributed by atoms with Crippen molar-refractivity contribution in [2.75, 3.05) is 18.1 Å². The Kier molecular flexibility index (Phi) is 7.14. The summed E-state index contributed by atoms with van der Waals surface area (Å²) >= 11 is 1.27. The first-order valence-electron chi connectivity index (χ1n) is 11.5. The Hall–Kier alpha value is -2.94. The van der Waals surface area contributed by atoms with Crippen molar-refractivity contribution >= 4 is 51.0 Å². The van der Waals surface area contributed by atoms with Gasteiger partial charge >= 0.3 is 11.9 Å². The normalized spacial score (nSPS) is 28.1. The van der Waals surface area contributed by atoms with Crippen LogP contribution < -0.4 is 10.6 Å². The molecule has 6 unspecified atom stereocenters. The molecule has 0 saturated carbocycles. The van der Waals surface area contributed by atoms with Gasteiger partial charge in [0.15, 0.2) is 9.84 Å². The number of amides is 2. The zero-order valence-corrected chi connectivity index (χ0v) is 21.8. The first kappa shape index (κ1) is 27.1. The summed E-state index contributed by atoms with van der Waals surface area (Å²) in [6, 6.07) is 2.17. The number of fused-ring (bicyclic) bond motifs is 1. The van der Waals surface area contributed by atoms with Gasteiger partial charge in [0.05, 0.1) is 40.3 Å². The van der Waals surface area contributed by atoms with Gasteiger partial charge in [-0.1, -0.05) is 6.92 Å². The first-order valence-corrected chi connectivity index (χ1v) is 14.3. The minimum Gasteiger partial charge on any atom is -0.478 e. The molecule has 0 bridgehead atoms. The molecule has 0 radical (unpaired) electrons. The second-order valence-corrected chi connectivity index (χ2v) is 12.8. The van der Waals surface area contributed by atoms with Crippen LogP contribution in [0.5, 0.6) is 0 Å². The summed E-state index contributed by atoms with van der Waals surface area (Å²) in [5, 5.41) is 34.4. The highest BCUT2D eigenvalue weighted by molar-refractivity contribution is 8.03. The highest BCUT2D eigenvalue weighted by Gasteiger charge is 2.60. The maximum absolute atomic E-state index is 13.0. The summed E-state index contributed by atoms with van der Waals surface area (Å²) in [5.41, 5.74) is -0.424. The third-order valence-corrected chi connectivity index (χ3v) is 9.56. The number of carbonyl (C=O) groups excluding carboxylic acids is 2. The van der Waals surface area contributed by atoms with Crippen LogP contribution in [0.25, 0.3) is 0 Å². The van der Waals surface area contributed by atoms with Gasteiger partial charge in [-0.25, -0.2) is 18.0 Å². The van der Waals surface area contributed by atoms with Crippen molar-refractivity contribution in [2.24, 2.45) is 11.8 Å². The number of aromatic carboxylic acids is 1. The van der Waals surface area contributed by atoms with Gasteiger partial charge in [0.1, 0.15) is 5.70 Å². The minimum absolute atomic E-state index is 0.0967. The van der Waals surface area contributed by atoms with E-state index < -0.39 is 57.7 Å². The monoisotopic (exact) mass is 553 g/mol. The lowest BCUT2D eigenvalue weighted by atomic mass is 9.79. The molecule has 0 spiro atoms. The molecule has 2 saturated heterocycles. The number of carbonyl (C=O) groups is 4. The number of hydrogen-bond acceptors (Lipinski definition) is 9. The Labute approximate surface area is 217 Å². The maximum atomic E-state index is 13.0. The number of thioether (sulfide) groups is 1. The first-order chi connectivity index (χ1) is 17.2. The summed E-state index contributed by atoms with van der Waals surface area (Å²) in [6.07, 6.45) is 0.323. The van der Waals surface area contributed by atoms with Crippen LogP contribution in [0, 0.1) is 11.8 Å². The van der Waals surface area contributed by atoms with Crippen LogP contribution in [0.1, 0.15) is 30.6 Å². The lowest BCUT2D eigenvalue weighted by Crippen LogP contribution is -2.63. The van der Waals surface area contributed by atoms with Crippen molar-refractivity contribution in [1.82, 2.24) is 10.2 Å². The van der Waals surface area contributed by atoms with E-state index in [9.17, 15) is 42.9 Å². The largest absolute Gasteiger partial charge is 0.478 e. The molecule has 0 aromatic heterocycles. The Bertz CT molecular complexity index is 1320. The molecule has 2 amide bonds. The predicted molar refractivity (Wildman–Crippen MR) is 133 cm³/mol. The Morgan fingerprint density at radius 2 is 1.89 bits per heavy atom. The summed E-state index contributed by atoms with van der Waals surface area (Å²) in [4.78, 5) is 50.4. The topological polar surface area (TPSA) is 190 Å². The highest BCUT2D eigenvalue weighted by Crippen LogP contribution is 2.51. The highest BCUT2D eigenvalue weighted by atomic mass is 32.2. The Morgan fingerprint density at radius 3 is 2.46 bits per heavy atom. The molecular weight excluding hydrogens is 526 g/mol. The molecule has 1 aromatic carbocycles. The number of nitrogens with one attached hydrogen (secondary N) is 2. The van der Waals surface area contributed by atoms with Gasteiger partial charge in [-0.05, 0) is 31.5 Å². The molecule has 12 nitrogen and oxygen atoms in total. The van der Waals surface area contributed by atoms with Crippen LogP contribution in [-0.4, -0.2) is 88.6 Å². The lowest BCUT2D eigenvalue weighted by molar-refractivity contribution is -0.163. The van der Waals surface area contributed by atoms with E-state index in [-0.39, 0.29) is 39.4 Å². The van der Waals surface area contributed by atoms with Crippen molar-refractivity contribution in [3.63, 3.8) is 0 Å². The van der Waals surface area contributed by atoms with E-state index in [0.29, 0.717) is 11.4 Å². The van der Waals surface area contributed by atoms with E-state index in [4.69, 9.17) is 0 Å². The van der Waals surface area contributed by atoms with Crippen molar-refractivity contribution in [1.29, 1.82) is 0 Å². The average molecular weight is 554 g/mol. The standard InChI is InChI=1S/C23H27N3O9S2/c1-9-17-16(10(2)27)21(29)26(17)18(23(32)33)19(9)36-12-7-14(24-8-12)20(28)25-13-6-11(22(30)31)4-5-15(13)37(3,34)35/h4-6,9-10,12,14,16-17,24,27H,7-8H2,1-3H3,(H,25,28)(H,30,31)(H,32,33). The molecule has 14 heteroatoms. The van der Waals surface area contributed by atoms with Gasteiger partial charge in [0.25, 0.3) is 0 Å². The number of nitrogens with zero attached hydrogens (tertiary/aromatic N) is 1. The van der Waals surface area contributed by atoms with Gasteiger partial charge < -0.3 is 30.9 Å². The van der Waals surface area contributed by atoms with Gasteiger partial charge in [-0.2, -0.15) is 0 Å². The van der Waals surface area contributed by atoms with Gasteiger partial charge in [0.2, 0.25) is 11.8 Å². The Morgan fingerprint density at radius 1 is 1.22 bits per heavy atom. The van der Waals surface area contributed by atoms with E-state index in [1.165, 1.54) is 23.6 Å². The van der Waals surface area contributed by atoms with Crippen LogP contribution in [-0.2, 0) is 24.2 Å². The quantitative estimate of drug-likeness (QED) is 0.279. The van der Waals surface area contributed by atoms with E-state index >= 15 is 0 Å². The van der Waals surface area contributed by atoms with Gasteiger partial charge in [-0.15, -0.1) is 11.8 Å². The smallest absolute Gasteiger partial charge is 0.353 e. The predicted octanol–water partition coefficient (Wildman–Crippen LogP) is 0.344. The van der Waals surface area contributed by atoms with Crippen LogP contribution in [0.4, 0.5) is 5.69 Å². The number of aliphatic hydroxyl groups is 1. The van der Waals surface area contributed by atoms with Crippen molar-refractivity contribution < 1.29 is 42.9 Å². The fourth-order valence-corrected chi connectivity index (χ4v) is 7.46. The molecule has 1 aromatic rings. The number of rotatable bonds is 8. The molecule has 4 rings (SSSR count). The number of hydrogen-bond donors (Lipinski definition) is 5. The van der Waals surface area contributed by atoms with E-state index in [2.05, 4.69) is 10.6 Å². The fraction of sp³-hybridized carbons (Fsp3) is 0.478. The molecule has 200 valence electrons. The third kappa shape index (κ3) is 4.85. The lowest BCUT2D eigenvalue weighted by Gasteiger charge is -2.46. The van der Waals surface area contributed by atoms with Gasteiger partial charge in [0, 0.05) is 28.9 Å². The number of carboxylic acid groups (broad SMARTS) is 2. The summed E-state index contributed by atoms with van der Waals surface area (Å²) in [7, 11) is -3.76. The molecule has 0 aliphatic carbocycles. The molecule has 3 aliphatic rings. The second kappa shape index (κ2) is 9.74. The summed E-state index contributed by atoms with van der Waals surface area (Å²) in [6.45, 7) is 3.66. The molecule has 2 fully saturated rings. The van der Waals surface area contributed by atoms with Gasteiger partial charge in [-0.3, -0.25) is 9.59 Å². The summed E-state index contributed by atoms with van der Waals surface area (Å²) in [5.74, 6) is -4.48. The number of anilines is 1. The SMILES string of the molecule is CC(O)C1C(=O)N2C(C(=O)O)=C(SC3CNC(C(=O)Nc4cc(C(=O)O)ccc4S(C)(=O)=O)C3)C(C)C12. The zero-order chi connectivity index (χ0) is 27.4. The third-order valence-electron chi connectivity index (χ3n) is 6.90. The molecule has 5 N–H and O–H groups in total. The molecule has 37 heavy (non-hydrogen) atoms. The second-order valence-electron chi connectivity index (χ2n) is 9.49. The Balaban J connectivity index is 1.49. The van der Waals surface area contributed by atoms with Crippen LogP contribution in [0.2, 0.25) is 0 Å². The molecular formula is C23H27N3O9S2. The number of aliphatic hydroxyl groups excluding tert-OH is 1. The van der Waals surface area contributed by atoms with Crippen LogP contribution in [0.3, 0.4) is 0 Å². The fourth-order valence-electron chi connectivity index (χ4n) is 5.15. The number of benzene rings is 1. The summed E-state index contributed by atoms with van der Waals surface area (Å²) < 4.78 is 24.3. The van der Waals surface area contributed by atoms with E-state index in [1.807, 2.05) is 6.92 Å².